The molecule has 0 aliphatic rings. The minimum Gasteiger partial charge on any atom is -0.267 e. The Labute approximate surface area is 146 Å². The van der Waals surface area contributed by atoms with Gasteiger partial charge in [-0.15, -0.1) is 10.2 Å². The van der Waals surface area contributed by atoms with Crippen LogP contribution in [0.15, 0.2) is 53.3 Å². The van der Waals surface area contributed by atoms with Gasteiger partial charge in [0.2, 0.25) is 4.96 Å². The number of hydrogen-bond donors (Lipinski definition) is 0. The highest BCUT2D eigenvalue weighted by Gasteiger charge is 2.14. The largest absolute Gasteiger partial charge is 0.276 e. The summed E-state index contributed by atoms with van der Waals surface area (Å²) < 4.78 is 2.19. The van der Waals surface area contributed by atoms with Gasteiger partial charge in [-0.2, -0.15) is 0 Å². The summed E-state index contributed by atoms with van der Waals surface area (Å²) in [6.07, 6.45) is 1.85. The highest BCUT2D eigenvalue weighted by atomic mass is 35.5. The second kappa shape index (κ2) is 5.85. The van der Waals surface area contributed by atoms with Gasteiger partial charge in [0.15, 0.2) is 5.82 Å². The first-order valence-electron chi connectivity index (χ1n) is 7.34. The lowest BCUT2D eigenvalue weighted by Gasteiger charge is -1.98. The zero-order valence-electron chi connectivity index (χ0n) is 12.7. The van der Waals surface area contributed by atoms with E-state index >= 15 is 0 Å². The molecular weight excluding hydrogens is 342 g/mol. The lowest BCUT2D eigenvalue weighted by molar-refractivity contribution is 1.09. The molecule has 4 rings (SSSR count). The standard InChI is InChI=1S/C18H12ClN3OS/c1-11-3-2-4-13(9-11)16-20-21-18-22(16)17(23)15(24-18)10-12-5-7-14(19)8-6-12/h2-10H,1H3. The first-order chi connectivity index (χ1) is 11.6. The lowest BCUT2D eigenvalue weighted by atomic mass is 10.1. The fourth-order valence-electron chi connectivity index (χ4n) is 2.54. The van der Waals surface area contributed by atoms with Crippen molar-refractivity contribution in [1.29, 1.82) is 0 Å². The molecule has 2 aromatic heterocycles. The molecule has 0 N–H and O–H groups in total. The Bertz CT molecular complexity index is 1150. The molecule has 0 amide bonds. The van der Waals surface area contributed by atoms with Gasteiger partial charge in [0.1, 0.15) is 0 Å². The number of thiazole rings is 1. The molecule has 0 fully saturated rings. The molecule has 0 aliphatic heterocycles. The van der Waals surface area contributed by atoms with E-state index in [0.717, 1.165) is 16.7 Å². The van der Waals surface area contributed by atoms with Crippen LogP contribution in [0.5, 0.6) is 0 Å². The van der Waals surface area contributed by atoms with Crippen molar-refractivity contribution in [2.24, 2.45) is 0 Å². The summed E-state index contributed by atoms with van der Waals surface area (Å²) in [6.45, 7) is 2.01. The van der Waals surface area contributed by atoms with E-state index in [1.54, 1.807) is 16.5 Å². The van der Waals surface area contributed by atoms with Crippen LogP contribution in [0.4, 0.5) is 0 Å². The van der Waals surface area contributed by atoms with Crippen LogP contribution >= 0.6 is 22.9 Å². The third-order valence-electron chi connectivity index (χ3n) is 3.69. The Morgan fingerprint density at radius 1 is 1.12 bits per heavy atom. The molecule has 2 aromatic carbocycles. The minimum absolute atomic E-state index is 0.105. The maximum absolute atomic E-state index is 12.8. The molecule has 4 aromatic rings. The lowest BCUT2D eigenvalue weighted by Crippen LogP contribution is -2.23. The highest BCUT2D eigenvalue weighted by Crippen LogP contribution is 2.19. The smallest absolute Gasteiger partial charge is 0.267 e. The van der Waals surface area contributed by atoms with E-state index in [1.165, 1.54) is 11.3 Å². The third kappa shape index (κ3) is 2.62. The van der Waals surface area contributed by atoms with E-state index in [9.17, 15) is 4.79 Å². The van der Waals surface area contributed by atoms with Crippen molar-refractivity contribution in [1.82, 2.24) is 14.6 Å². The van der Waals surface area contributed by atoms with Gasteiger partial charge in [-0.25, -0.2) is 4.40 Å². The Kier molecular flexibility index (Phi) is 3.67. The summed E-state index contributed by atoms with van der Waals surface area (Å²) in [6, 6.07) is 15.2. The van der Waals surface area contributed by atoms with Crippen LogP contribution in [0.25, 0.3) is 22.4 Å². The monoisotopic (exact) mass is 353 g/mol. The summed E-state index contributed by atoms with van der Waals surface area (Å²) in [5.74, 6) is 0.575. The van der Waals surface area contributed by atoms with Crippen LogP contribution < -0.4 is 10.1 Å². The number of nitrogens with zero attached hydrogens (tertiary/aromatic N) is 3. The number of halogens is 1. The van der Waals surface area contributed by atoms with Gasteiger partial charge in [-0.1, -0.05) is 58.8 Å². The SMILES string of the molecule is Cc1cccc(-c2nnc3sc(=Cc4ccc(Cl)cc4)c(=O)n23)c1. The van der Waals surface area contributed by atoms with Crippen LogP contribution in [0.3, 0.4) is 0 Å². The van der Waals surface area contributed by atoms with E-state index in [-0.39, 0.29) is 5.56 Å². The molecule has 0 radical (unpaired) electrons. The Morgan fingerprint density at radius 3 is 2.67 bits per heavy atom. The molecule has 0 aliphatic carbocycles. The van der Waals surface area contributed by atoms with Crippen LogP contribution in [-0.2, 0) is 0 Å². The zero-order chi connectivity index (χ0) is 16.7. The molecule has 6 heteroatoms. The maximum atomic E-state index is 12.8. The summed E-state index contributed by atoms with van der Waals surface area (Å²) >= 11 is 7.23. The van der Waals surface area contributed by atoms with E-state index in [1.807, 2.05) is 49.4 Å². The summed E-state index contributed by atoms with van der Waals surface area (Å²) in [7, 11) is 0. The van der Waals surface area contributed by atoms with Crippen molar-refractivity contribution < 1.29 is 0 Å². The molecule has 0 spiro atoms. The number of benzene rings is 2. The number of fused-ring (bicyclic) bond motifs is 1. The molecule has 0 saturated heterocycles. The van der Waals surface area contributed by atoms with Crippen molar-refractivity contribution in [2.45, 2.75) is 6.92 Å². The summed E-state index contributed by atoms with van der Waals surface area (Å²) in [5, 5.41) is 9.00. The van der Waals surface area contributed by atoms with Gasteiger partial charge in [-0.3, -0.25) is 4.79 Å². The molecule has 4 nitrogen and oxygen atoms in total. The Hall–Kier alpha value is -2.50. The number of rotatable bonds is 2. The molecule has 0 atom stereocenters. The van der Waals surface area contributed by atoms with Crippen molar-refractivity contribution in [3.8, 4) is 11.4 Å². The average molecular weight is 354 g/mol. The molecular formula is C18H12ClN3OS. The Morgan fingerprint density at radius 2 is 1.92 bits per heavy atom. The van der Waals surface area contributed by atoms with Crippen molar-refractivity contribution in [2.75, 3.05) is 0 Å². The highest BCUT2D eigenvalue weighted by molar-refractivity contribution is 7.15. The minimum atomic E-state index is -0.105. The van der Waals surface area contributed by atoms with Gasteiger partial charge >= 0.3 is 0 Å². The van der Waals surface area contributed by atoms with Crippen LogP contribution in [0.1, 0.15) is 11.1 Å². The van der Waals surface area contributed by atoms with E-state index < -0.39 is 0 Å². The molecule has 118 valence electrons. The molecule has 0 bridgehead atoms. The predicted octanol–water partition coefficient (Wildman–Crippen LogP) is 3.33. The predicted molar refractivity (Wildman–Crippen MR) is 97.5 cm³/mol. The number of aryl methyl sites for hydroxylation is 1. The molecule has 0 saturated carbocycles. The average Bonchev–Trinajstić information content (AvgIpc) is 3.11. The van der Waals surface area contributed by atoms with Crippen molar-refractivity contribution >= 4 is 34.0 Å². The second-order valence-electron chi connectivity index (χ2n) is 5.48. The van der Waals surface area contributed by atoms with Crippen LogP contribution in [0.2, 0.25) is 5.02 Å². The van der Waals surface area contributed by atoms with Gasteiger partial charge < -0.3 is 0 Å². The van der Waals surface area contributed by atoms with E-state index in [0.29, 0.717) is 20.3 Å². The van der Waals surface area contributed by atoms with Gasteiger partial charge in [0.05, 0.1) is 4.53 Å². The third-order valence-corrected chi connectivity index (χ3v) is 4.90. The molecule has 2 heterocycles. The quantitative estimate of drug-likeness (QED) is 0.555. The summed E-state index contributed by atoms with van der Waals surface area (Å²) in [5.41, 5.74) is 2.81. The van der Waals surface area contributed by atoms with E-state index in [4.69, 9.17) is 11.6 Å². The summed E-state index contributed by atoms with van der Waals surface area (Å²) in [4.78, 5) is 13.4. The molecule has 24 heavy (non-hydrogen) atoms. The maximum Gasteiger partial charge on any atom is 0.276 e. The normalized spacial score (nSPS) is 12.2. The molecule has 0 unspecified atom stereocenters. The second-order valence-corrected chi connectivity index (χ2v) is 6.92. The first kappa shape index (κ1) is 15.1. The topological polar surface area (TPSA) is 47.3 Å². The zero-order valence-corrected chi connectivity index (χ0v) is 14.3. The fourth-order valence-corrected chi connectivity index (χ4v) is 3.58. The van der Waals surface area contributed by atoms with Gasteiger partial charge in [0, 0.05) is 10.6 Å². The van der Waals surface area contributed by atoms with Crippen molar-refractivity contribution in [3.05, 3.63) is 79.6 Å². The van der Waals surface area contributed by atoms with Crippen LogP contribution in [-0.4, -0.2) is 14.6 Å². The van der Waals surface area contributed by atoms with E-state index in [2.05, 4.69) is 10.2 Å². The van der Waals surface area contributed by atoms with Crippen LogP contribution in [0, 0.1) is 6.92 Å². The number of hydrogen-bond acceptors (Lipinski definition) is 4. The van der Waals surface area contributed by atoms with Gasteiger partial charge in [0.25, 0.3) is 5.56 Å². The Balaban J connectivity index is 1.91. The fraction of sp³-hybridized carbons (Fsp3) is 0.0556. The van der Waals surface area contributed by atoms with Crippen molar-refractivity contribution in [3.63, 3.8) is 0 Å². The number of aromatic nitrogens is 3. The van der Waals surface area contributed by atoms with Gasteiger partial charge in [-0.05, 0) is 36.8 Å². The first-order valence-corrected chi connectivity index (χ1v) is 8.53.